The van der Waals surface area contributed by atoms with Gasteiger partial charge in [0.15, 0.2) is 0 Å². The van der Waals surface area contributed by atoms with E-state index >= 15 is 0 Å². The number of nitro benzene ring substituents is 1. The summed E-state index contributed by atoms with van der Waals surface area (Å²) < 4.78 is 1.93. The quantitative estimate of drug-likeness (QED) is 0.624. The van der Waals surface area contributed by atoms with Crippen LogP contribution in [0, 0.1) is 16.0 Å². The van der Waals surface area contributed by atoms with Crippen molar-refractivity contribution in [3.05, 3.63) is 34.5 Å². The van der Waals surface area contributed by atoms with Gasteiger partial charge in [-0.05, 0) is 12.0 Å². The smallest absolute Gasteiger partial charge is 0.270 e. The number of nitro groups is 1. The van der Waals surface area contributed by atoms with Gasteiger partial charge in [-0.2, -0.15) is 5.10 Å². The van der Waals surface area contributed by atoms with Gasteiger partial charge in [0.2, 0.25) is 0 Å². The molecule has 0 bridgehead atoms. The molecule has 7 heteroatoms. The first kappa shape index (κ1) is 15.9. The lowest BCUT2D eigenvalue weighted by Crippen LogP contribution is -2.47. The second-order valence-corrected chi connectivity index (χ2v) is 6.60. The highest BCUT2D eigenvalue weighted by molar-refractivity contribution is 5.81. The number of hydrogen-bond acceptors (Lipinski definition) is 5. The zero-order chi connectivity index (χ0) is 16.4. The molecular formula is C16H23N5O2. The fourth-order valence-corrected chi connectivity index (χ4v) is 3.12. The number of non-ortho nitro benzene ring substituents is 1. The van der Waals surface area contributed by atoms with Crippen molar-refractivity contribution in [2.24, 2.45) is 5.92 Å². The summed E-state index contributed by atoms with van der Waals surface area (Å²) in [6.07, 6.45) is 1.71. The molecule has 1 fully saturated rings. The van der Waals surface area contributed by atoms with E-state index in [1.165, 1.54) is 0 Å². The average Bonchev–Trinajstić information content (AvgIpc) is 2.91. The minimum Gasteiger partial charge on any atom is -0.301 e. The highest BCUT2D eigenvalue weighted by Crippen LogP contribution is 2.21. The van der Waals surface area contributed by atoms with Gasteiger partial charge in [0.1, 0.15) is 0 Å². The van der Waals surface area contributed by atoms with Crippen LogP contribution in [0.1, 0.15) is 13.8 Å². The third kappa shape index (κ3) is 3.68. The molecule has 0 aliphatic carbocycles. The van der Waals surface area contributed by atoms with E-state index in [4.69, 9.17) is 0 Å². The fourth-order valence-electron chi connectivity index (χ4n) is 3.12. The maximum Gasteiger partial charge on any atom is 0.270 e. The van der Waals surface area contributed by atoms with Crippen molar-refractivity contribution in [3.63, 3.8) is 0 Å². The maximum atomic E-state index is 10.8. The van der Waals surface area contributed by atoms with Crippen LogP contribution >= 0.6 is 0 Å². The standard InChI is InChI=1S/C16H23N5O2/c1-13(2)11-18-5-7-19(8-6-18)12-20-16-4-3-15(21(22)23)9-14(16)10-17-20/h3-4,9-10,13H,5-8,11-12H2,1-2H3. The Morgan fingerprint density at radius 1 is 1.22 bits per heavy atom. The first-order valence-corrected chi connectivity index (χ1v) is 8.07. The van der Waals surface area contributed by atoms with E-state index in [0.29, 0.717) is 5.92 Å². The van der Waals surface area contributed by atoms with Crippen molar-refractivity contribution in [1.29, 1.82) is 0 Å². The lowest BCUT2D eigenvalue weighted by atomic mass is 10.2. The molecule has 1 aromatic heterocycles. The summed E-state index contributed by atoms with van der Waals surface area (Å²) in [6.45, 7) is 10.6. The zero-order valence-electron chi connectivity index (χ0n) is 13.7. The summed E-state index contributed by atoms with van der Waals surface area (Å²) in [7, 11) is 0. The summed E-state index contributed by atoms with van der Waals surface area (Å²) in [6, 6.07) is 4.91. The Hall–Kier alpha value is -1.99. The van der Waals surface area contributed by atoms with E-state index in [1.54, 1.807) is 24.4 Å². The molecule has 0 atom stereocenters. The van der Waals surface area contributed by atoms with Crippen molar-refractivity contribution in [2.75, 3.05) is 32.7 Å². The molecule has 0 radical (unpaired) electrons. The number of piperazine rings is 1. The van der Waals surface area contributed by atoms with Crippen LogP contribution in [0.15, 0.2) is 24.4 Å². The molecule has 3 rings (SSSR count). The Balaban J connectivity index is 1.65. The lowest BCUT2D eigenvalue weighted by molar-refractivity contribution is -0.384. The lowest BCUT2D eigenvalue weighted by Gasteiger charge is -2.35. The van der Waals surface area contributed by atoms with Crippen LogP contribution in [-0.4, -0.2) is 57.2 Å². The summed E-state index contributed by atoms with van der Waals surface area (Å²) in [5, 5.41) is 16.1. The van der Waals surface area contributed by atoms with E-state index in [2.05, 4.69) is 28.7 Å². The van der Waals surface area contributed by atoms with Crippen LogP contribution in [0.25, 0.3) is 10.9 Å². The minimum absolute atomic E-state index is 0.111. The normalized spacial score (nSPS) is 17.2. The third-order valence-electron chi connectivity index (χ3n) is 4.26. The molecule has 1 aliphatic heterocycles. The van der Waals surface area contributed by atoms with Crippen LogP contribution in [0.5, 0.6) is 0 Å². The number of nitrogens with zero attached hydrogens (tertiary/aromatic N) is 5. The Kier molecular flexibility index (Phi) is 4.58. The topological polar surface area (TPSA) is 67.4 Å². The predicted molar refractivity (Wildman–Crippen MR) is 89.2 cm³/mol. The van der Waals surface area contributed by atoms with E-state index in [-0.39, 0.29) is 10.6 Å². The second kappa shape index (κ2) is 6.64. The Morgan fingerprint density at radius 2 is 1.91 bits per heavy atom. The van der Waals surface area contributed by atoms with Crippen molar-refractivity contribution in [1.82, 2.24) is 19.6 Å². The van der Waals surface area contributed by atoms with Crippen LogP contribution in [0.3, 0.4) is 0 Å². The monoisotopic (exact) mass is 317 g/mol. The molecule has 0 spiro atoms. The van der Waals surface area contributed by atoms with Crippen LogP contribution < -0.4 is 0 Å². The SMILES string of the molecule is CC(C)CN1CCN(Cn2ncc3cc([N+](=O)[O-])ccc32)CC1. The van der Waals surface area contributed by atoms with E-state index < -0.39 is 0 Å². The Bertz CT molecular complexity index is 689. The van der Waals surface area contributed by atoms with Crippen LogP contribution in [-0.2, 0) is 6.67 Å². The second-order valence-electron chi connectivity index (χ2n) is 6.60. The van der Waals surface area contributed by atoms with Gasteiger partial charge in [0, 0.05) is 50.2 Å². The number of benzene rings is 1. The predicted octanol–water partition coefficient (Wildman–Crippen LogP) is 2.18. The Morgan fingerprint density at radius 3 is 2.57 bits per heavy atom. The third-order valence-corrected chi connectivity index (χ3v) is 4.26. The zero-order valence-corrected chi connectivity index (χ0v) is 13.7. The van der Waals surface area contributed by atoms with Gasteiger partial charge in [-0.15, -0.1) is 0 Å². The molecule has 0 saturated carbocycles. The van der Waals surface area contributed by atoms with Crippen molar-refractivity contribution >= 4 is 16.6 Å². The van der Waals surface area contributed by atoms with Gasteiger partial charge in [-0.25, -0.2) is 0 Å². The van der Waals surface area contributed by atoms with Gasteiger partial charge >= 0.3 is 0 Å². The average molecular weight is 317 g/mol. The van der Waals surface area contributed by atoms with Gasteiger partial charge in [-0.1, -0.05) is 13.8 Å². The number of rotatable bonds is 5. The molecule has 7 nitrogen and oxygen atoms in total. The Labute approximate surface area is 135 Å². The van der Waals surface area contributed by atoms with Crippen molar-refractivity contribution in [3.8, 4) is 0 Å². The summed E-state index contributed by atoms with van der Waals surface area (Å²) >= 11 is 0. The first-order valence-electron chi connectivity index (χ1n) is 8.07. The van der Waals surface area contributed by atoms with Crippen molar-refractivity contribution < 1.29 is 4.92 Å². The van der Waals surface area contributed by atoms with Gasteiger partial charge in [0.25, 0.3) is 5.69 Å². The molecular weight excluding hydrogens is 294 g/mol. The molecule has 0 N–H and O–H groups in total. The highest BCUT2D eigenvalue weighted by atomic mass is 16.6. The summed E-state index contributed by atoms with van der Waals surface area (Å²) in [5.41, 5.74) is 1.06. The minimum atomic E-state index is -0.370. The number of aromatic nitrogens is 2. The molecule has 23 heavy (non-hydrogen) atoms. The molecule has 1 aliphatic rings. The molecule has 1 saturated heterocycles. The number of fused-ring (bicyclic) bond motifs is 1. The first-order chi connectivity index (χ1) is 11.0. The van der Waals surface area contributed by atoms with E-state index in [9.17, 15) is 10.1 Å². The molecule has 124 valence electrons. The van der Waals surface area contributed by atoms with Gasteiger partial charge < -0.3 is 4.90 Å². The van der Waals surface area contributed by atoms with Crippen LogP contribution in [0.2, 0.25) is 0 Å². The molecule has 1 aromatic carbocycles. The molecule has 0 amide bonds. The van der Waals surface area contributed by atoms with Gasteiger partial charge in [0.05, 0.1) is 23.3 Å². The van der Waals surface area contributed by atoms with Crippen molar-refractivity contribution in [2.45, 2.75) is 20.5 Å². The van der Waals surface area contributed by atoms with E-state index in [1.807, 2.05) is 4.68 Å². The molecule has 2 heterocycles. The molecule has 0 unspecified atom stereocenters. The number of hydrogen-bond donors (Lipinski definition) is 0. The maximum absolute atomic E-state index is 10.8. The molecule has 2 aromatic rings. The summed E-state index contributed by atoms with van der Waals surface area (Å²) in [5.74, 6) is 0.701. The van der Waals surface area contributed by atoms with E-state index in [0.717, 1.165) is 50.3 Å². The summed E-state index contributed by atoms with van der Waals surface area (Å²) in [4.78, 5) is 15.4. The highest BCUT2D eigenvalue weighted by Gasteiger charge is 2.18. The largest absolute Gasteiger partial charge is 0.301 e. The fraction of sp³-hybridized carbons (Fsp3) is 0.562. The van der Waals surface area contributed by atoms with Crippen LogP contribution in [0.4, 0.5) is 5.69 Å². The van der Waals surface area contributed by atoms with Gasteiger partial charge in [-0.3, -0.25) is 19.7 Å².